The first-order chi connectivity index (χ1) is 6.34. The monoisotopic (exact) mass is 194 g/mol. The lowest BCUT2D eigenvalue weighted by molar-refractivity contribution is 0.349. The zero-order valence-corrected chi connectivity index (χ0v) is 8.39. The minimum Gasteiger partial charge on any atom is -0.399 e. The first kappa shape index (κ1) is 8.91. The van der Waals surface area contributed by atoms with E-state index in [-0.39, 0.29) is 0 Å². The van der Waals surface area contributed by atoms with Crippen molar-refractivity contribution in [3.8, 4) is 0 Å². The van der Waals surface area contributed by atoms with Gasteiger partial charge in [0.2, 0.25) is 0 Å². The lowest BCUT2D eigenvalue weighted by Crippen LogP contribution is -2.18. The van der Waals surface area contributed by atoms with Gasteiger partial charge in [-0.25, -0.2) is 0 Å². The van der Waals surface area contributed by atoms with E-state index in [0.29, 0.717) is 0 Å². The average molecular weight is 194 g/mol. The molecule has 0 radical (unpaired) electrons. The fourth-order valence-electron chi connectivity index (χ4n) is 1.46. The molecule has 0 spiro atoms. The summed E-state index contributed by atoms with van der Waals surface area (Å²) < 4.78 is 0. The summed E-state index contributed by atoms with van der Waals surface area (Å²) in [6.45, 7) is 2.28. The van der Waals surface area contributed by atoms with E-state index in [1.807, 2.05) is 23.9 Å². The molecule has 0 aliphatic carbocycles. The summed E-state index contributed by atoms with van der Waals surface area (Å²) in [6.07, 6.45) is 0. The maximum absolute atomic E-state index is 5.62. The van der Waals surface area contributed by atoms with Gasteiger partial charge in [-0.2, -0.15) is 0 Å². The van der Waals surface area contributed by atoms with Crippen molar-refractivity contribution in [3.05, 3.63) is 29.8 Å². The van der Waals surface area contributed by atoms with E-state index in [4.69, 9.17) is 5.73 Å². The van der Waals surface area contributed by atoms with Crippen molar-refractivity contribution in [2.45, 2.75) is 6.54 Å². The standard InChI is InChI=1S/C10H14N2S/c11-10-3-1-9(2-4-10)7-12-5-6-13-8-12/h1-4H,5-8,11H2. The highest BCUT2D eigenvalue weighted by atomic mass is 32.2. The van der Waals surface area contributed by atoms with Crippen molar-refractivity contribution in [2.75, 3.05) is 23.9 Å². The van der Waals surface area contributed by atoms with Gasteiger partial charge in [-0.15, -0.1) is 11.8 Å². The normalized spacial score (nSPS) is 17.8. The number of thioether (sulfide) groups is 1. The van der Waals surface area contributed by atoms with Gasteiger partial charge in [0.1, 0.15) is 0 Å². The van der Waals surface area contributed by atoms with Crippen molar-refractivity contribution < 1.29 is 0 Å². The van der Waals surface area contributed by atoms with Gasteiger partial charge in [0.05, 0.1) is 0 Å². The summed E-state index contributed by atoms with van der Waals surface area (Å²) in [5.74, 6) is 2.44. The number of nitrogens with zero attached hydrogens (tertiary/aromatic N) is 1. The summed E-state index contributed by atoms with van der Waals surface area (Å²) in [7, 11) is 0. The highest BCUT2D eigenvalue weighted by Crippen LogP contribution is 2.16. The van der Waals surface area contributed by atoms with Crippen LogP contribution in [-0.4, -0.2) is 23.1 Å². The molecule has 70 valence electrons. The van der Waals surface area contributed by atoms with E-state index in [1.165, 1.54) is 23.7 Å². The molecule has 1 aliphatic heterocycles. The largest absolute Gasteiger partial charge is 0.399 e. The third-order valence-corrected chi connectivity index (χ3v) is 3.23. The van der Waals surface area contributed by atoms with Crippen LogP contribution in [0.3, 0.4) is 0 Å². The Hall–Kier alpha value is -0.670. The Balaban J connectivity index is 1.97. The Morgan fingerprint density at radius 3 is 2.69 bits per heavy atom. The minimum atomic E-state index is 0.847. The maximum atomic E-state index is 5.62. The zero-order chi connectivity index (χ0) is 9.10. The van der Waals surface area contributed by atoms with Crippen molar-refractivity contribution in [3.63, 3.8) is 0 Å². The Bertz CT molecular complexity index is 265. The molecule has 1 aromatic rings. The molecule has 1 heterocycles. The van der Waals surface area contributed by atoms with Crippen LogP contribution in [0.1, 0.15) is 5.56 Å². The highest BCUT2D eigenvalue weighted by molar-refractivity contribution is 7.99. The average Bonchev–Trinajstić information content (AvgIpc) is 2.62. The molecule has 0 amide bonds. The molecule has 0 atom stereocenters. The summed E-state index contributed by atoms with van der Waals surface area (Å²) in [4.78, 5) is 2.45. The van der Waals surface area contributed by atoms with Crippen LogP contribution >= 0.6 is 11.8 Å². The SMILES string of the molecule is Nc1ccc(CN2CCSC2)cc1. The molecule has 0 saturated carbocycles. The maximum Gasteiger partial charge on any atom is 0.0448 e. The lowest BCUT2D eigenvalue weighted by Gasteiger charge is -2.13. The summed E-state index contributed by atoms with van der Waals surface area (Å²) in [6, 6.07) is 8.16. The van der Waals surface area contributed by atoms with Crippen LogP contribution in [0.4, 0.5) is 5.69 Å². The number of hydrogen-bond acceptors (Lipinski definition) is 3. The van der Waals surface area contributed by atoms with Crippen LogP contribution < -0.4 is 5.73 Å². The predicted octanol–water partition coefficient (Wildman–Crippen LogP) is 1.78. The summed E-state index contributed by atoms with van der Waals surface area (Å²) in [5, 5.41) is 0. The van der Waals surface area contributed by atoms with E-state index in [0.717, 1.165) is 12.2 Å². The fraction of sp³-hybridized carbons (Fsp3) is 0.400. The predicted molar refractivity (Wildman–Crippen MR) is 58.6 cm³/mol. The van der Waals surface area contributed by atoms with Gasteiger partial charge in [0.25, 0.3) is 0 Å². The second kappa shape index (κ2) is 4.03. The van der Waals surface area contributed by atoms with Crippen molar-refractivity contribution in [2.24, 2.45) is 0 Å². The van der Waals surface area contributed by atoms with Crippen LogP contribution in [-0.2, 0) is 6.54 Å². The number of hydrogen-bond donors (Lipinski definition) is 1. The Labute approximate surface area is 83.1 Å². The van der Waals surface area contributed by atoms with Crippen LogP contribution in [0.5, 0.6) is 0 Å². The van der Waals surface area contributed by atoms with Crippen LogP contribution in [0.2, 0.25) is 0 Å². The van der Waals surface area contributed by atoms with Crippen molar-refractivity contribution >= 4 is 17.4 Å². The smallest absolute Gasteiger partial charge is 0.0448 e. The number of nitrogens with two attached hydrogens (primary N) is 1. The van der Waals surface area contributed by atoms with Gasteiger partial charge in [0.15, 0.2) is 0 Å². The molecule has 1 fully saturated rings. The fourth-order valence-corrected chi connectivity index (χ4v) is 2.45. The Morgan fingerprint density at radius 2 is 2.08 bits per heavy atom. The van der Waals surface area contributed by atoms with Crippen molar-refractivity contribution in [1.29, 1.82) is 0 Å². The van der Waals surface area contributed by atoms with Crippen LogP contribution in [0, 0.1) is 0 Å². The first-order valence-electron chi connectivity index (χ1n) is 4.49. The first-order valence-corrected chi connectivity index (χ1v) is 5.64. The molecular weight excluding hydrogens is 180 g/mol. The molecule has 13 heavy (non-hydrogen) atoms. The van der Waals surface area contributed by atoms with E-state index in [1.54, 1.807) is 0 Å². The number of benzene rings is 1. The van der Waals surface area contributed by atoms with Gasteiger partial charge in [-0.3, -0.25) is 4.90 Å². The molecule has 1 saturated heterocycles. The van der Waals surface area contributed by atoms with Gasteiger partial charge >= 0.3 is 0 Å². The molecule has 2 N–H and O–H groups in total. The van der Waals surface area contributed by atoms with E-state index < -0.39 is 0 Å². The molecule has 1 aliphatic rings. The molecule has 2 nitrogen and oxygen atoms in total. The zero-order valence-electron chi connectivity index (χ0n) is 7.57. The Kier molecular flexibility index (Phi) is 2.76. The van der Waals surface area contributed by atoms with Crippen molar-refractivity contribution in [1.82, 2.24) is 4.90 Å². The number of nitrogen functional groups attached to an aromatic ring is 1. The Morgan fingerprint density at radius 1 is 1.31 bits per heavy atom. The lowest BCUT2D eigenvalue weighted by atomic mass is 10.2. The van der Waals surface area contributed by atoms with Gasteiger partial charge in [-0.1, -0.05) is 12.1 Å². The third kappa shape index (κ3) is 2.39. The summed E-state index contributed by atoms with van der Waals surface area (Å²) >= 11 is 2.01. The minimum absolute atomic E-state index is 0.847. The number of rotatable bonds is 2. The highest BCUT2D eigenvalue weighted by Gasteiger charge is 2.11. The van der Waals surface area contributed by atoms with Gasteiger partial charge in [-0.05, 0) is 17.7 Å². The molecule has 3 heteroatoms. The number of anilines is 1. The topological polar surface area (TPSA) is 29.3 Å². The second-order valence-electron chi connectivity index (χ2n) is 3.33. The van der Waals surface area contributed by atoms with E-state index in [2.05, 4.69) is 17.0 Å². The molecule has 1 aromatic carbocycles. The molecule has 0 bridgehead atoms. The molecule has 0 unspecified atom stereocenters. The second-order valence-corrected chi connectivity index (χ2v) is 4.41. The molecular formula is C10H14N2S. The third-order valence-electron chi connectivity index (χ3n) is 2.21. The van der Waals surface area contributed by atoms with Crippen LogP contribution in [0.15, 0.2) is 24.3 Å². The molecule has 0 aromatic heterocycles. The van der Waals surface area contributed by atoms with E-state index in [9.17, 15) is 0 Å². The quantitative estimate of drug-likeness (QED) is 0.728. The van der Waals surface area contributed by atoms with E-state index >= 15 is 0 Å². The molecule has 2 rings (SSSR count). The van der Waals surface area contributed by atoms with Crippen LogP contribution in [0.25, 0.3) is 0 Å². The van der Waals surface area contributed by atoms with Gasteiger partial charge in [0, 0.05) is 30.4 Å². The summed E-state index contributed by atoms with van der Waals surface area (Å²) in [5.41, 5.74) is 7.82. The van der Waals surface area contributed by atoms with Gasteiger partial charge < -0.3 is 5.73 Å².